The quantitative estimate of drug-likeness (QED) is 0.920. The number of hydrogen-bond acceptors (Lipinski definition) is 4. The number of para-hydroxylation sites is 1. The van der Waals surface area contributed by atoms with Crippen molar-refractivity contribution in [3.8, 4) is 0 Å². The molecule has 0 aromatic heterocycles. The van der Waals surface area contributed by atoms with Gasteiger partial charge in [-0.2, -0.15) is 0 Å². The van der Waals surface area contributed by atoms with Gasteiger partial charge in [0.2, 0.25) is 5.91 Å². The fraction of sp³-hybridized carbons (Fsp3) is 0.632. The van der Waals surface area contributed by atoms with Crippen LogP contribution in [0.4, 0.5) is 5.69 Å². The fourth-order valence-electron chi connectivity index (χ4n) is 4.00. The Bertz CT molecular complexity index is 576. The second-order valence-electron chi connectivity index (χ2n) is 7.04. The van der Waals surface area contributed by atoms with E-state index in [4.69, 9.17) is 9.47 Å². The minimum Gasteiger partial charge on any atom is -0.377 e. The molecule has 0 saturated carbocycles. The second kappa shape index (κ2) is 7.21. The molecule has 2 aliphatic rings. The molecule has 2 atom stereocenters. The van der Waals surface area contributed by atoms with Gasteiger partial charge < -0.3 is 14.8 Å². The summed E-state index contributed by atoms with van der Waals surface area (Å²) < 4.78 is 11.7. The Balaban J connectivity index is 1.59. The number of hydrogen-bond donors (Lipinski definition) is 1. The van der Waals surface area contributed by atoms with Crippen molar-refractivity contribution in [2.24, 2.45) is 0 Å². The van der Waals surface area contributed by atoms with E-state index in [0.29, 0.717) is 6.54 Å². The van der Waals surface area contributed by atoms with Crippen molar-refractivity contribution >= 4 is 11.6 Å². The Labute approximate surface area is 144 Å². The van der Waals surface area contributed by atoms with E-state index in [2.05, 4.69) is 10.2 Å². The molecule has 0 aliphatic carbocycles. The Kier molecular flexibility index (Phi) is 5.23. The Morgan fingerprint density at radius 2 is 2.12 bits per heavy atom. The minimum absolute atomic E-state index is 0.0329. The van der Waals surface area contributed by atoms with Crippen molar-refractivity contribution in [2.75, 3.05) is 38.7 Å². The van der Waals surface area contributed by atoms with Crippen molar-refractivity contribution in [1.82, 2.24) is 4.90 Å². The zero-order chi connectivity index (χ0) is 17.2. The van der Waals surface area contributed by atoms with Gasteiger partial charge in [-0.25, -0.2) is 0 Å². The summed E-state index contributed by atoms with van der Waals surface area (Å²) in [5.74, 6) is 0.0329. The second-order valence-corrected chi connectivity index (χ2v) is 7.04. The van der Waals surface area contributed by atoms with E-state index in [9.17, 15) is 4.79 Å². The lowest BCUT2D eigenvalue weighted by Gasteiger charge is -2.44. The molecule has 2 heterocycles. The van der Waals surface area contributed by atoms with Crippen molar-refractivity contribution in [2.45, 2.75) is 44.8 Å². The molecule has 1 spiro atoms. The van der Waals surface area contributed by atoms with Crippen LogP contribution in [0, 0.1) is 13.8 Å². The van der Waals surface area contributed by atoms with E-state index < -0.39 is 0 Å². The van der Waals surface area contributed by atoms with Gasteiger partial charge in [-0.05, 0) is 44.2 Å². The monoisotopic (exact) mass is 332 g/mol. The first-order chi connectivity index (χ1) is 11.5. The average Bonchev–Trinajstić information content (AvgIpc) is 3.02. The molecule has 5 heteroatoms. The third-order valence-electron chi connectivity index (χ3n) is 5.39. The molecule has 2 saturated heterocycles. The number of piperidine rings is 1. The predicted octanol–water partition coefficient (Wildman–Crippen LogP) is 2.51. The van der Waals surface area contributed by atoms with Crippen LogP contribution in [0.1, 0.15) is 30.4 Å². The van der Waals surface area contributed by atoms with Crippen molar-refractivity contribution in [3.63, 3.8) is 0 Å². The van der Waals surface area contributed by atoms with Gasteiger partial charge in [0.05, 0.1) is 18.2 Å². The number of carbonyl (C=O) groups excluding carboxylic acids is 1. The zero-order valence-electron chi connectivity index (χ0n) is 14.9. The number of nitrogens with one attached hydrogen (secondary N) is 1. The maximum absolute atomic E-state index is 12.5. The van der Waals surface area contributed by atoms with Crippen LogP contribution in [-0.4, -0.2) is 55.9 Å². The predicted molar refractivity (Wildman–Crippen MR) is 94.3 cm³/mol. The van der Waals surface area contributed by atoms with Crippen LogP contribution >= 0.6 is 0 Å². The summed E-state index contributed by atoms with van der Waals surface area (Å²) in [7, 11) is 1.74. The van der Waals surface area contributed by atoms with Crippen LogP contribution in [0.25, 0.3) is 0 Å². The topological polar surface area (TPSA) is 50.8 Å². The van der Waals surface area contributed by atoms with E-state index in [-0.39, 0.29) is 17.6 Å². The summed E-state index contributed by atoms with van der Waals surface area (Å²) in [4.78, 5) is 14.6. The molecule has 1 aromatic rings. The maximum atomic E-state index is 12.5. The lowest BCUT2D eigenvalue weighted by molar-refractivity contribution is -0.145. The standard InChI is InChI=1S/C19H28N2O3/c1-14-6-4-7-15(2)18(14)20-17(22)13-21-10-9-19(8-5-11-24-19)16(12-21)23-3/h4,6-7,16H,5,8-13H2,1-3H3,(H,20,22). The molecule has 2 unspecified atom stereocenters. The highest BCUT2D eigenvalue weighted by Gasteiger charge is 2.46. The minimum atomic E-state index is -0.131. The molecule has 0 bridgehead atoms. The van der Waals surface area contributed by atoms with E-state index >= 15 is 0 Å². The summed E-state index contributed by atoms with van der Waals surface area (Å²) in [6, 6.07) is 6.05. The average molecular weight is 332 g/mol. The first-order valence-corrected chi connectivity index (χ1v) is 8.79. The largest absolute Gasteiger partial charge is 0.377 e. The molecule has 2 aliphatic heterocycles. The van der Waals surface area contributed by atoms with Gasteiger partial charge in [0.1, 0.15) is 0 Å². The first kappa shape index (κ1) is 17.4. The zero-order valence-corrected chi connectivity index (χ0v) is 14.9. The number of nitrogens with zero attached hydrogens (tertiary/aromatic N) is 1. The maximum Gasteiger partial charge on any atom is 0.238 e. The number of amides is 1. The van der Waals surface area contributed by atoms with Gasteiger partial charge >= 0.3 is 0 Å². The molecule has 2 fully saturated rings. The molecule has 0 radical (unpaired) electrons. The lowest BCUT2D eigenvalue weighted by atomic mass is 9.86. The lowest BCUT2D eigenvalue weighted by Crippen LogP contribution is -2.57. The van der Waals surface area contributed by atoms with E-state index in [1.807, 2.05) is 32.0 Å². The van der Waals surface area contributed by atoms with Crippen molar-refractivity contribution < 1.29 is 14.3 Å². The highest BCUT2D eigenvalue weighted by molar-refractivity contribution is 5.93. The summed E-state index contributed by atoms with van der Waals surface area (Å²) in [6.45, 7) is 6.88. The number of ether oxygens (including phenoxy) is 2. The summed E-state index contributed by atoms with van der Waals surface area (Å²) in [5, 5.41) is 3.07. The number of rotatable bonds is 4. The van der Waals surface area contributed by atoms with E-state index in [1.165, 1.54) is 0 Å². The molecule has 5 nitrogen and oxygen atoms in total. The van der Waals surface area contributed by atoms with Gasteiger partial charge in [-0.1, -0.05) is 18.2 Å². The van der Waals surface area contributed by atoms with Crippen LogP contribution in [-0.2, 0) is 14.3 Å². The highest BCUT2D eigenvalue weighted by Crippen LogP contribution is 2.37. The number of carbonyl (C=O) groups is 1. The fourth-order valence-corrected chi connectivity index (χ4v) is 4.00. The Hall–Kier alpha value is -1.43. The van der Waals surface area contributed by atoms with Crippen LogP contribution in [0.3, 0.4) is 0 Å². The smallest absolute Gasteiger partial charge is 0.238 e. The van der Waals surface area contributed by atoms with Crippen molar-refractivity contribution in [1.29, 1.82) is 0 Å². The van der Waals surface area contributed by atoms with Gasteiger partial charge in [0, 0.05) is 32.5 Å². The highest BCUT2D eigenvalue weighted by atomic mass is 16.5. The molecule has 1 aromatic carbocycles. The normalized spacial score (nSPS) is 27.5. The number of anilines is 1. The molecule has 1 amide bonds. The number of benzene rings is 1. The summed E-state index contributed by atoms with van der Waals surface area (Å²) >= 11 is 0. The molecule has 24 heavy (non-hydrogen) atoms. The van der Waals surface area contributed by atoms with Crippen LogP contribution in [0.15, 0.2) is 18.2 Å². The van der Waals surface area contributed by atoms with E-state index in [0.717, 1.165) is 55.8 Å². The molecular formula is C19H28N2O3. The van der Waals surface area contributed by atoms with Gasteiger partial charge in [0.25, 0.3) is 0 Å². The third kappa shape index (κ3) is 3.48. The molecular weight excluding hydrogens is 304 g/mol. The summed E-state index contributed by atoms with van der Waals surface area (Å²) in [5.41, 5.74) is 2.98. The number of aryl methyl sites for hydroxylation is 2. The van der Waals surface area contributed by atoms with Crippen LogP contribution < -0.4 is 5.32 Å². The number of methoxy groups -OCH3 is 1. The van der Waals surface area contributed by atoms with Gasteiger partial charge in [0.15, 0.2) is 0 Å². The van der Waals surface area contributed by atoms with E-state index in [1.54, 1.807) is 7.11 Å². The molecule has 1 N–H and O–H groups in total. The third-order valence-corrected chi connectivity index (χ3v) is 5.39. The Morgan fingerprint density at radius 3 is 2.75 bits per heavy atom. The Morgan fingerprint density at radius 1 is 1.38 bits per heavy atom. The first-order valence-electron chi connectivity index (χ1n) is 8.79. The van der Waals surface area contributed by atoms with Crippen LogP contribution in [0.5, 0.6) is 0 Å². The molecule has 3 rings (SSSR count). The van der Waals surface area contributed by atoms with Crippen LogP contribution in [0.2, 0.25) is 0 Å². The summed E-state index contributed by atoms with van der Waals surface area (Å²) in [6.07, 6.45) is 3.14. The van der Waals surface area contributed by atoms with Gasteiger partial charge in [-0.15, -0.1) is 0 Å². The van der Waals surface area contributed by atoms with Crippen molar-refractivity contribution in [3.05, 3.63) is 29.3 Å². The SMILES string of the molecule is COC1CN(CC(=O)Nc2c(C)cccc2C)CCC12CCCO2. The number of likely N-dealkylation sites (tertiary alicyclic amines) is 1. The molecule has 132 valence electrons. The van der Waals surface area contributed by atoms with Gasteiger partial charge in [-0.3, -0.25) is 9.69 Å².